The molecule has 0 bridgehead atoms. The molecule has 0 aliphatic carbocycles. The lowest BCUT2D eigenvalue weighted by Gasteiger charge is -2.22. The van der Waals surface area contributed by atoms with E-state index in [-0.39, 0.29) is 6.79 Å². The molecule has 0 saturated heterocycles. The van der Waals surface area contributed by atoms with Crippen molar-refractivity contribution in [2.24, 2.45) is 0 Å². The van der Waals surface area contributed by atoms with E-state index in [4.69, 9.17) is 9.47 Å². The molecule has 1 atom stereocenters. The molecule has 1 aromatic rings. The molecule has 0 spiro atoms. The fourth-order valence-electron chi connectivity index (χ4n) is 1.93. The Labute approximate surface area is 95.2 Å². The average Bonchev–Trinajstić information content (AvgIpc) is 2.63. The first-order valence-electron chi connectivity index (χ1n) is 5.36. The van der Waals surface area contributed by atoms with Crippen LogP contribution in [0, 0.1) is 0 Å². The van der Waals surface area contributed by atoms with E-state index >= 15 is 0 Å². The van der Waals surface area contributed by atoms with Crippen LogP contribution in [0.15, 0.2) is 18.2 Å². The lowest BCUT2D eigenvalue weighted by Crippen LogP contribution is -2.38. The second kappa shape index (κ2) is 4.31. The summed E-state index contributed by atoms with van der Waals surface area (Å²) < 4.78 is 10.5. The van der Waals surface area contributed by atoms with E-state index in [9.17, 15) is 5.11 Å². The zero-order chi connectivity index (χ0) is 11.6. The smallest absolute Gasteiger partial charge is 0.231 e. The summed E-state index contributed by atoms with van der Waals surface area (Å²) in [6.07, 6.45) is 0.588. The van der Waals surface area contributed by atoms with Crippen molar-refractivity contribution in [1.82, 2.24) is 5.32 Å². The number of hydrogen-bond donors (Lipinski definition) is 2. The maximum Gasteiger partial charge on any atom is 0.231 e. The number of likely N-dealkylation sites (N-methyl/N-ethyl adjacent to an activating group) is 1. The molecule has 0 radical (unpaired) electrons. The molecule has 2 rings (SSSR count). The average molecular weight is 223 g/mol. The Bertz CT molecular complexity index is 377. The van der Waals surface area contributed by atoms with Crippen LogP contribution in [0.25, 0.3) is 0 Å². The van der Waals surface area contributed by atoms with Gasteiger partial charge in [-0.05, 0) is 31.7 Å². The normalized spacial score (nSPS) is 17.2. The van der Waals surface area contributed by atoms with Gasteiger partial charge in [-0.2, -0.15) is 0 Å². The Morgan fingerprint density at radius 3 is 2.88 bits per heavy atom. The summed E-state index contributed by atoms with van der Waals surface area (Å²) in [5, 5.41) is 13.1. The molecule has 1 aliphatic heterocycles. The Morgan fingerprint density at radius 1 is 1.38 bits per heavy atom. The van der Waals surface area contributed by atoms with Crippen molar-refractivity contribution in [1.29, 1.82) is 0 Å². The molecule has 1 aromatic carbocycles. The van der Waals surface area contributed by atoms with E-state index < -0.39 is 5.60 Å². The van der Waals surface area contributed by atoms with Gasteiger partial charge in [0.25, 0.3) is 0 Å². The SMILES string of the molecule is CNCC(C)(O)Cc1ccc2c(c1)OCO2. The molecule has 1 unspecified atom stereocenters. The fourth-order valence-corrected chi connectivity index (χ4v) is 1.93. The molecule has 88 valence electrons. The van der Waals surface area contributed by atoms with Crippen molar-refractivity contribution in [2.45, 2.75) is 18.9 Å². The predicted molar refractivity (Wildman–Crippen MR) is 60.8 cm³/mol. The first-order valence-corrected chi connectivity index (χ1v) is 5.36. The van der Waals surface area contributed by atoms with Crippen LogP contribution in [-0.2, 0) is 6.42 Å². The molecule has 1 heterocycles. The summed E-state index contributed by atoms with van der Waals surface area (Å²) >= 11 is 0. The zero-order valence-electron chi connectivity index (χ0n) is 9.62. The van der Waals surface area contributed by atoms with Crippen molar-refractivity contribution in [2.75, 3.05) is 20.4 Å². The molecule has 2 N–H and O–H groups in total. The number of nitrogens with one attached hydrogen (secondary N) is 1. The van der Waals surface area contributed by atoms with Gasteiger partial charge < -0.3 is 19.9 Å². The highest BCUT2D eigenvalue weighted by atomic mass is 16.7. The van der Waals surface area contributed by atoms with Gasteiger partial charge in [0.2, 0.25) is 6.79 Å². The summed E-state index contributed by atoms with van der Waals surface area (Å²) in [5.41, 5.74) is 0.298. The van der Waals surface area contributed by atoms with Crippen molar-refractivity contribution >= 4 is 0 Å². The third kappa shape index (κ3) is 2.46. The molecule has 4 heteroatoms. The zero-order valence-corrected chi connectivity index (χ0v) is 9.62. The first kappa shape index (κ1) is 11.2. The van der Waals surface area contributed by atoms with Gasteiger partial charge in [-0.3, -0.25) is 0 Å². The summed E-state index contributed by atoms with van der Waals surface area (Å²) in [6, 6.07) is 5.76. The molecule has 4 nitrogen and oxygen atoms in total. The lowest BCUT2D eigenvalue weighted by molar-refractivity contribution is 0.0622. The van der Waals surface area contributed by atoms with Crippen LogP contribution in [0.1, 0.15) is 12.5 Å². The van der Waals surface area contributed by atoms with Gasteiger partial charge in [0.1, 0.15) is 0 Å². The highest BCUT2D eigenvalue weighted by Gasteiger charge is 2.21. The van der Waals surface area contributed by atoms with Crippen molar-refractivity contribution in [3.8, 4) is 11.5 Å². The summed E-state index contributed by atoms with van der Waals surface area (Å²) in [4.78, 5) is 0. The second-order valence-corrected chi connectivity index (χ2v) is 4.39. The van der Waals surface area contributed by atoms with E-state index in [2.05, 4.69) is 5.32 Å². The summed E-state index contributed by atoms with van der Waals surface area (Å²) in [5.74, 6) is 1.54. The highest BCUT2D eigenvalue weighted by Crippen LogP contribution is 2.33. The van der Waals surface area contributed by atoms with E-state index in [1.54, 1.807) is 0 Å². The van der Waals surface area contributed by atoms with E-state index in [0.717, 1.165) is 17.1 Å². The number of ether oxygens (including phenoxy) is 2. The highest BCUT2D eigenvalue weighted by molar-refractivity contribution is 5.44. The van der Waals surface area contributed by atoms with E-state index in [0.29, 0.717) is 13.0 Å². The quantitative estimate of drug-likeness (QED) is 0.797. The number of fused-ring (bicyclic) bond motifs is 1. The topological polar surface area (TPSA) is 50.7 Å². The summed E-state index contributed by atoms with van der Waals surface area (Å²) in [7, 11) is 1.83. The summed E-state index contributed by atoms with van der Waals surface area (Å²) in [6.45, 7) is 2.65. The number of hydrogen-bond acceptors (Lipinski definition) is 4. The molecular formula is C12H17NO3. The lowest BCUT2D eigenvalue weighted by atomic mass is 9.96. The van der Waals surface area contributed by atoms with Crippen molar-refractivity contribution in [3.05, 3.63) is 23.8 Å². The van der Waals surface area contributed by atoms with Gasteiger partial charge in [0.05, 0.1) is 5.60 Å². The van der Waals surface area contributed by atoms with Gasteiger partial charge in [-0.1, -0.05) is 6.07 Å². The minimum absolute atomic E-state index is 0.283. The molecule has 0 fully saturated rings. The molecule has 0 aromatic heterocycles. The van der Waals surface area contributed by atoms with Crippen LogP contribution in [-0.4, -0.2) is 31.1 Å². The van der Waals surface area contributed by atoms with Crippen molar-refractivity contribution < 1.29 is 14.6 Å². The van der Waals surface area contributed by atoms with Crippen LogP contribution < -0.4 is 14.8 Å². The van der Waals surface area contributed by atoms with Gasteiger partial charge in [-0.25, -0.2) is 0 Å². The maximum absolute atomic E-state index is 10.1. The Balaban J connectivity index is 2.10. The number of rotatable bonds is 4. The van der Waals surface area contributed by atoms with Gasteiger partial charge >= 0.3 is 0 Å². The largest absolute Gasteiger partial charge is 0.454 e. The monoisotopic (exact) mass is 223 g/mol. The first-order chi connectivity index (χ1) is 7.61. The van der Waals surface area contributed by atoms with E-state index in [1.807, 2.05) is 32.2 Å². The van der Waals surface area contributed by atoms with Crippen LogP contribution >= 0.6 is 0 Å². The molecule has 1 aliphatic rings. The maximum atomic E-state index is 10.1. The van der Waals surface area contributed by atoms with Gasteiger partial charge in [0, 0.05) is 13.0 Å². The molecule has 0 saturated carbocycles. The predicted octanol–water partition coefficient (Wildman–Crippen LogP) is 0.928. The third-order valence-electron chi connectivity index (χ3n) is 2.58. The van der Waals surface area contributed by atoms with Crippen LogP contribution in [0.4, 0.5) is 0 Å². The van der Waals surface area contributed by atoms with Crippen molar-refractivity contribution in [3.63, 3.8) is 0 Å². The molecular weight excluding hydrogens is 206 g/mol. The Hall–Kier alpha value is -1.26. The van der Waals surface area contributed by atoms with Gasteiger partial charge in [-0.15, -0.1) is 0 Å². The number of benzene rings is 1. The van der Waals surface area contributed by atoms with Crippen LogP contribution in [0.5, 0.6) is 11.5 Å². The standard InChI is InChI=1S/C12H17NO3/c1-12(14,7-13-2)6-9-3-4-10-11(5-9)16-8-15-10/h3-5,13-14H,6-8H2,1-2H3. The molecule has 16 heavy (non-hydrogen) atoms. The van der Waals surface area contributed by atoms with Gasteiger partial charge in [0.15, 0.2) is 11.5 Å². The third-order valence-corrected chi connectivity index (χ3v) is 2.58. The number of aliphatic hydroxyl groups is 1. The molecule has 0 amide bonds. The van der Waals surface area contributed by atoms with Crippen LogP contribution in [0.2, 0.25) is 0 Å². The fraction of sp³-hybridized carbons (Fsp3) is 0.500. The minimum Gasteiger partial charge on any atom is -0.454 e. The Morgan fingerprint density at radius 2 is 2.12 bits per heavy atom. The minimum atomic E-state index is -0.748. The van der Waals surface area contributed by atoms with E-state index in [1.165, 1.54) is 0 Å². The Kier molecular flexibility index (Phi) is 3.03. The van der Waals surface area contributed by atoms with Crippen LogP contribution in [0.3, 0.4) is 0 Å². The second-order valence-electron chi connectivity index (χ2n) is 4.39.